The molecule has 3 heterocycles. The Hall–Kier alpha value is -2.24. The van der Waals surface area contributed by atoms with Gasteiger partial charge in [-0.05, 0) is 49.1 Å². The van der Waals surface area contributed by atoms with E-state index in [1.165, 1.54) is 28.7 Å². The quantitative estimate of drug-likeness (QED) is 0.903. The van der Waals surface area contributed by atoms with E-state index in [9.17, 15) is 9.90 Å². The van der Waals surface area contributed by atoms with Crippen molar-refractivity contribution in [3.05, 3.63) is 64.5 Å². The summed E-state index contributed by atoms with van der Waals surface area (Å²) in [6.07, 6.45) is 4.36. The molecule has 5 heteroatoms. The van der Waals surface area contributed by atoms with Gasteiger partial charge in [0.05, 0.1) is 0 Å². The predicted octanol–water partition coefficient (Wildman–Crippen LogP) is 2.39. The maximum atomic E-state index is 12.8. The van der Waals surface area contributed by atoms with Crippen molar-refractivity contribution >= 4 is 5.91 Å². The largest absolute Gasteiger partial charge is 0.378 e. The number of nitrogens with one attached hydrogen (secondary N) is 1. The van der Waals surface area contributed by atoms with Crippen LogP contribution in [0.25, 0.3) is 0 Å². The van der Waals surface area contributed by atoms with Crippen LogP contribution in [0.15, 0.2) is 36.7 Å². The minimum atomic E-state index is -1.16. The Bertz CT molecular complexity index is 785. The van der Waals surface area contributed by atoms with Crippen LogP contribution in [0.3, 0.4) is 0 Å². The highest BCUT2D eigenvalue weighted by molar-refractivity contribution is 5.82. The zero-order valence-electron chi connectivity index (χ0n) is 14.4. The van der Waals surface area contributed by atoms with Gasteiger partial charge >= 0.3 is 0 Å². The van der Waals surface area contributed by atoms with Gasteiger partial charge in [-0.25, -0.2) is 0 Å². The fourth-order valence-corrected chi connectivity index (χ4v) is 3.98. The summed E-state index contributed by atoms with van der Waals surface area (Å²) in [5.74, 6) is -0.257. The highest BCUT2D eigenvalue weighted by Crippen LogP contribution is 2.35. The highest BCUT2D eigenvalue weighted by atomic mass is 16.3. The Labute approximate surface area is 147 Å². The van der Waals surface area contributed by atoms with Crippen molar-refractivity contribution in [3.8, 4) is 0 Å². The van der Waals surface area contributed by atoms with Crippen LogP contribution in [0.5, 0.6) is 0 Å². The fraction of sp³-hybridized carbons (Fsp3) is 0.400. The highest BCUT2D eigenvalue weighted by Gasteiger charge is 2.32. The summed E-state index contributed by atoms with van der Waals surface area (Å²) in [5.41, 5.74) is 5.53. The normalized spacial score (nSPS) is 20.6. The van der Waals surface area contributed by atoms with E-state index in [-0.39, 0.29) is 5.91 Å². The number of aromatic nitrogens is 1. The fourth-order valence-electron chi connectivity index (χ4n) is 3.98. The van der Waals surface area contributed by atoms with E-state index in [2.05, 4.69) is 29.4 Å². The first-order chi connectivity index (χ1) is 12.1. The van der Waals surface area contributed by atoms with Gasteiger partial charge in [0.1, 0.15) is 0 Å². The summed E-state index contributed by atoms with van der Waals surface area (Å²) in [6, 6.07) is 8.26. The van der Waals surface area contributed by atoms with Gasteiger partial charge in [-0.15, -0.1) is 0 Å². The molecule has 0 bridgehead atoms. The van der Waals surface area contributed by atoms with E-state index >= 15 is 0 Å². The number of fused-ring (bicyclic) bond motifs is 1. The molecule has 1 fully saturated rings. The second-order valence-electron chi connectivity index (χ2n) is 7.02. The number of rotatable bonds is 3. The predicted molar refractivity (Wildman–Crippen MR) is 94.6 cm³/mol. The van der Waals surface area contributed by atoms with Gasteiger partial charge in [0.25, 0.3) is 5.91 Å². The number of benzene rings is 1. The minimum absolute atomic E-state index is 0.257. The first kappa shape index (κ1) is 16.2. The lowest BCUT2D eigenvalue weighted by Crippen LogP contribution is -2.31. The van der Waals surface area contributed by atoms with E-state index in [1.807, 2.05) is 0 Å². The van der Waals surface area contributed by atoms with Crippen molar-refractivity contribution in [1.29, 1.82) is 0 Å². The van der Waals surface area contributed by atoms with Crippen LogP contribution in [-0.2, 0) is 17.9 Å². The number of aliphatic hydroxyl groups excluding tert-OH is 1. The second-order valence-corrected chi connectivity index (χ2v) is 7.02. The molecule has 0 radical (unpaired) electrons. The monoisotopic (exact) mass is 337 g/mol. The smallest absolute Gasteiger partial charge is 0.256 e. The Morgan fingerprint density at radius 1 is 1.40 bits per heavy atom. The molecule has 25 heavy (non-hydrogen) atoms. The molecule has 4 rings (SSSR count). The molecular weight excluding hydrogens is 314 g/mol. The number of carbonyl (C=O) groups excluding carboxylic acids is 1. The number of aryl methyl sites for hydroxylation is 1. The SMILES string of the molecule is Cc1cc2c(c([C@@H]3CCCN3)c1)CN(C(=O)C(O)c1cccnc1)C2. The van der Waals surface area contributed by atoms with Crippen molar-refractivity contribution in [1.82, 2.24) is 15.2 Å². The van der Waals surface area contributed by atoms with E-state index in [1.54, 1.807) is 29.4 Å². The lowest BCUT2D eigenvalue weighted by molar-refractivity contribution is -0.141. The Morgan fingerprint density at radius 3 is 3.00 bits per heavy atom. The maximum Gasteiger partial charge on any atom is 0.256 e. The van der Waals surface area contributed by atoms with Gasteiger partial charge in [0.2, 0.25) is 0 Å². The number of aliphatic hydroxyl groups is 1. The molecule has 0 aliphatic carbocycles. The Balaban J connectivity index is 1.58. The van der Waals surface area contributed by atoms with Crippen LogP contribution >= 0.6 is 0 Å². The van der Waals surface area contributed by atoms with E-state index in [0.717, 1.165) is 13.0 Å². The van der Waals surface area contributed by atoms with E-state index < -0.39 is 6.10 Å². The summed E-state index contributed by atoms with van der Waals surface area (Å²) in [7, 11) is 0. The first-order valence-electron chi connectivity index (χ1n) is 8.86. The molecule has 130 valence electrons. The van der Waals surface area contributed by atoms with Crippen molar-refractivity contribution in [3.63, 3.8) is 0 Å². The van der Waals surface area contributed by atoms with Crippen LogP contribution in [0.4, 0.5) is 0 Å². The average molecular weight is 337 g/mol. The molecule has 1 saturated heterocycles. The van der Waals surface area contributed by atoms with Crippen LogP contribution in [0.2, 0.25) is 0 Å². The molecule has 1 aromatic carbocycles. The van der Waals surface area contributed by atoms with Crippen LogP contribution in [0, 0.1) is 6.92 Å². The number of nitrogens with zero attached hydrogens (tertiary/aromatic N) is 2. The van der Waals surface area contributed by atoms with Gasteiger partial charge in [0.15, 0.2) is 6.10 Å². The van der Waals surface area contributed by atoms with Crippen LogP contribution in [-0.4, -0.2) is 27.4 Å². The number of hydrogen-bond donors (Lipinski definition) is 2. The molecule has 1 aromatic heterocycles. The number of carbonyl (C=O) groups is 1. The third-order valence-electron chi connectivity index (χ3n) is 5.21. The third-order valence-corrected chi connectivity index (χ3v) is 5.21. The first-order valence-corrected chi connectivity index (χ1v) is 8.86. The average Bonchev–Trinajstić information content (AvgIpc) is 3.30. The van der Waals surface area contributed by atoms with Crippen molar-refractivity contribution in [2.75, 3.05) is 6.54 Å². The molecule has 2 atom stereocenters. The molecule has 2 aromatic rings. The van der Waals surface area contributed by atoms with Gasteiger partial charge in [-0.1, -0.05) is 23.8 Å². The van der Waals surface area contributed by atoms with Crippen LogP contribution < -0.4 is 5.32 Å². The molecule has 2 N–H and O–H groups in total. The van der Waals surface area contributed by atoms with Gasteiger partial charge < -0.3 is 15.3 Å². The maximum absolute atomic E-state index is 12.8. The topological polar surface area (TPSA) is 65.5 Å². The minimum Gasteiger partial charge on any atom is -0.378 e. The van der Waals surface area contributed by atoms with Crippen LogP contribution in [0.1, 0.15) is 52.8 Å². The summed E-state index contributed by atoms with van der Waals surface area (Å²) in [6.45, 7) is 4.29. The Kier molecular flexibility index (Phi) is 4.27. The number of hydrogen-bond acceptors (Lipinski definition) is 4. The molecular formula is C20H23N3O2. The van der Waals surface area contributed by atoms with Gasteiger partial charge in [0, 0.05) is 37.1 Å². The van der Waals surface area contributed by atoms with Crippen molar-refractivity contribution < 1.29 is 9.90 Å². The van der Waals surface area contributed by atoms with E-state index in [0.29, 0.717) is 24.7 Å². The lowest BCUT2D eigenvalue weighted by atomic mass is 9.94. The summed E-state index contributed by atoms with van der Waals surface area (Å²) < 4.78 is 0. The lowest BCUT2D eigenvalue weighted by Gasteiger charge is -2.20. The standard InChI is InChI=1S/C20H23N3O2/c1-13-8-15-11-23(20(25)19(24)14-4-2-6-21-10-14)12-17(15)16(9-13)18-5-3-7-22-18/h2,4,6,8-10,18-19,22,24H,3,5,7,11-12H2,1H3/t18-,19?/m0/s1. The summed E-state index contributed by atoms with van der Waals surface area (Å²) in [5, 5.41) is 14.0. The van der Waals surface area contributed by atoms with E-state index in [4.69, 9.17) is 0 Å². The Morgan fingerprint density at radius 2 is 2.28 bits per heavy atom. The van der Waals surface area contributed by atoms with Crippen molar-refractivity contribution in [2.45, 2.75) is 45.0 Å². The van der Waals surface area contributed by atoms with Crippen molar-refractivity contribution in [2.24, 2.45) is 0 Å². The molecule has 0 spiro atoms. The second kappa shape index (κ2) is 6.58. The number of pyridine rings is 1. The summed E-state index contributed by atoms with van der Waals surface area (Å²) >= 11 is 0. The molecule has 2 aliphatic heterocycles. The molecule has 1 unspecified atom stereocenters. The molecule has 0 saturated carbocycles. The molecule has 1 amide bonds. The third kappa shape index (κ3) is 3.05. The number of amides is 1. The molecule has 5 nitrogen and oxygen atoms in total. The van der Waals surface area contributed by atoms with Gasteiger partial charge in [-0.2, -0.15) is 0 Å². The molecule has 2 aliphatic rings. The van der Waals surface area contributed by atoms with Gasteiger partial charge in [-0.3, -0.25) is 9.78 Å². The zero-order chi connectivity index (χ0) is 17.4. The summed E-state index contributed by atoms with van der Waals surface area (Å²) in [4.78, 5) is 18.5. The zero-order valence-corrected chi connectivity index (χ0v) is 14.4.